The molecule has 0 spiro atoms. The number of piperazine rings is 1. The van der Waals surface area contributed by atoms with Gasteiger partial charge in [0.1, 0.15) is 0 Å². The summed E-state index contributed by atoms with van der Waals surface area (Å²) in [7, 11) is 0. The molecule has 0 aromatic heterocycles. The minimum Gasteiger partial charge on any atom is -0.347 e. The molecule has 0 radical (unpaired) electrons. The van der Waals surface area contributed by atoms with Crippen LogP contribution in [-0.2, 0) is 14.4 Å². The first kappa shape index (κ1) is 15.8. The van der Waals surface area contributed by atoms with Gasteiger partial charge in [0.25, 0.3) is 0 Å². The fourth-order valence-corrected chi connectivity index (χ4v) is 2.67. The van der Waals surface area contributed by atoms with Crippen LogP contribution in [0, 0.1) is 0 Å². The smallest absolute Gasteiger partial charge is 0.311 e. The highest BCUT2D eigenvalue weighted by molar-refractivity contribution is 6.35. The van der Waals surface area contributed by atoms with Gasteiger partial charge in [-0.3, -0.25) is 14.4 Å². The minimum atomic E-state index is -0.608. The van der Waals surface area contributed by atoms with E-state index in [0.717, 1.165) is 25.9 Å². The molecule has 7 heteroatoms. The zero-order chi connectivity index (χ0) is 15.1. The first-order valence-electron chi connectivity index (χ1n) is 7.74. The number of amides is 3. The van der Waals surface area contributed by atoms with Gasteiger partial charge in [-0.25, -0.2) is 0 Å². The van der Waals surface area contributed by atoms with Crippen LogP contribution in [0.5, 0.6) is 0 Å². The molecular weight excluding hydrogens is 272 g/mol. The van der Waals surface area contributed by atoms with Crippen LogP contribution in [0.25, 0.3) is 0 Å². The van der Waals surface area contributed by atoms with E-state index in [0.29, 0.717) is 26.2 Å². The van der Waals surface area contributed by atoms with Crippen LogP contribution in [0.4, 0.5) is 0 Å². The third-order valence-electron chi connectivity index (χ3n) is 3.93. The lowest BCUT2D eigenvalue weighted by Gasteiger charge is -2.27. The van der Waals surface area contributed by atoms with Crippen LogP contribution < -0.4 is 10.6 Å². The first-order valence-corrected chi connectivity index (χ1v) is 7.74. The maximum absolute atomic E-state index is 11.9. The molecule has 7 nitrogen and oxygen atoms in total. The molecule has 0 atom stereocenters. The van der Waals surface area contributed by atoms with Gasteiger partial charge in [0, 0.05) is 52.2 Å². The number of hydrogen-bond donors (Lipinski definition) is 2. The predicted octanol–water partition coefficient (Wildman–Crippen LogP) is -1.06. The van der Waals surface area contributed by atoms with E-state index in [1.165, 1.54) is 11.3 Å². The molecule has 0 aromatic rings. The van der Waals surface area contributed by atoms with Crippen molar-refractivity contribution in [3.8, 4) is 0 Å². The zero-order valence-corrected chi connectivity index (χ0v) is 12.4. The number of nitrogens with zero attached hydrogens (tertiary/aromatic N) is 2. The van der Waals surface area contributed by atoms with Crippen LogP contribution in [0.3, 0.4) is 0 Å². The summed E-state index contributed by atoms with van der Waals surface area (Å²) in [4.78, 5) is 38.9. The maximum atomic E-state index is 11.9. The molecule has 2 aliphatic heterocycles. The highest BCUT2D eigenvalue weighted by Crippen LogP contribution is 2.09. The number of hydrogen-bond acceptors (Lipinski definition) is 4. The fraction of sp³-hybridized carbons (Fsp3) is 0.786. The Balaban J connectivity index is 1.66. The molecule has 0 saturated carbocycles. The lowest BCUT2D eigenvalue weighted by molar-refractivity contribution is -0.146. The van der Waals surface area contributed by atoms with Gasteiger partial charge in [0.15, 0.2) is 0 Å². The topological polar surface area (TPSA) is 81.8 Å². The van der Waals surface area contributed by atoms with Crippen LogP contribution in [0.2, 0.25) is 0 Å². The minimum absolute atomic E-state index is 0.0598. The van der Waals surface area contributed by atoms with E-state index in [2.05, 4.69) is 10.6 Å². The molecule has 2 saturated heterocycles. The molecule has 0 aliphatic carbocycles. The molecule has 0 bridgehead atoms. The quantitative estimate of drug-likeness (QED) is 0.650. The maximum Gasteiger partial charge on any atom is 0.311 e. The van der Waals surface area contributed by atoms with Crippen molar-refractivity contribution in [3.05, 3.63) is 0 Å². The second-order valence-electron chi connectivity index (χ2n) is 5.49. The van der Waals surface area contributed by atoms with Crippen molar-refractivity contribution >= 4 is 17.7 Å². The molecule has 2 fully saturated rings. The van der Waals surface area contributed by atoms with E-state index < -0.39 is 11.8 Å². The zero-order valence-electron chi connectivity index (χ0n) is 12.4. The SMILES string of the molecule is O=C(NCCC(=O)N1CCCCC1)C(=O)N1CCNCC1. The number of carbonyl (C=O) groups is 3. The van der Waals surface area contributed by atoms with Crippen molar-refractivity contribution in [2.24, 2.45) is 0 Å². The summed E-state index contributed by atoms with van der Waals surface area (Å²) in [5, 5.41) is 5.68. The molecule has 0 unspecified atom stereocenters. The van der Waals surface area contributed by atoms with Gasteiger partial charge in [0.05, 0.1) is 0 Å². The molecule has 3 amide bonds. The van der Waals surface area contributed by atoms with Crippen molar-refractivity contribution in [2.75, 3.05) is 45.8 Å². The third-order valence-corrected chi connectivity index (χ3v) is 3.93. The largest absolute Gasteiger partial charge is 0.347 e. The summed E-state index contributed by atoms with van der Waals surface area (Å²) in [5.74, 6) is -1.05. The normalized spacial score (nSPS) is 19.2. The molecule has 2 aliphatic rings. The lowest BCUT2D eigenvalue weighted by Crippen LogP contribution is -2.51. The van der Waals surface area contributed by atoms with E-state index in [1.807, 2.05) is 4.90 Å². The highest BCUT2D eigenvalue weighted by atomic mass is 16.2. The number of likely N-dealkylation sites (tertiary alicyclic amines) is 1. The van der Waals surface area contributed by atoms with Gasteiger partial charge in [-0.05, 0) is 19.3 Å². The third kappa shape index (κ3) is 4.70. The van der Waals surface area contributed by atoms with E-state index in [9.17, 15) is 14.4 Å². The van der Waals surface area contributed by atoms with Crippen molar-refractivity contribution in [1.82, 2.24) is 20.4 Å². The average molecular weight is 296 g/mol. The summed E-state index contributed by atoms with van der Waals surface area (Å²) in [6, 6.07) is 0. The molecular formula is C14H24N4O3. The average Bonchev–Trinajstić information content (AvgIpc) is 2.55. The second-order valence-corrected chi connectivity index (χ2v) is 5.49. The molecule has 2 heterocycles. The molecule has 0 aromatic carbocycles. The molecule has 21 heavy (non-hydrogen) atoms. The summed E-state index contributed by atoms with van der Waals surface area (Å²) in [5.41, 5.74) is 0. The Hall–Kier alpha value is -1.63. The van der Waals surface area contributed by atoms with Gasteiger partial charge < -0.3 is 20.4 Å². The van der Waals surface area contributed by atoms with Crippen LogP contribution in [0.1, 0.15) is 25.7 Å². The fourth-order valence-electron chi connectivity index (χ4n) is 2.67. The van der Waals surface area contributed by atoms with Gasteiger partial charge >= 0.3 is 11.8 Å². The van der Waals surface area contributed by atoms with E-state index >= 15 is 0 Å². The van der Waals surface area contributed by atoms with E-state index in [4.69, 9.17) is 0 Å². The van der Waals surface area contributed by atoms with Gasteiger partial charge in [0.2, 0.25) is 5.91 Å². The summed E-state index contributed by atoms with van der Waals surface area (Å²) >= 11 is 0. The predicted molar refractivity (Wildman–Crippen MR) is 77.5 cm³/mol. The van der Waals surface area contributed by atoms with Gasteiger partial charge in [-0.15, -0.1) is 0 Å². The Morgan fingerprint density at radius 3 is 2.24 bits per heavy atom. The highest BCUT2D eigenvalue weighted by Gasteiger charge is 2.23. The lowest BCUT2D eigenvalue weighted by atomic mass is 10.1. The van der Waals surface area contributed by atoms with Gasteiger partial charge in [-0.1, -0.05) is 0 Å². The van der Waals surface area contributed by atoms with Gasteiger partial charge in [-0.2, -0.15) is 0 Å². The van der Waals surface area contributed by atoms with Crippen molar-refractivity contribution in [3.63, 3.8) is 0 Å². The molecule has 118 valence electrons. The summed E-state index contributed by atoms with van der Waals surface area (Å²) in [6.45, 7) is 4.39. The van der Waals surface area contributed by atoms with Crippen LogP contribution in [-0.4, -0.2) is 73.3 Å². The Morgan fingerprint density at radius 1 is 0.905 bits per heavy atom. The first-order chi connectivity index (χ1) is 10.2. The Kier molecular flexibility index (Phi) is 5.98. The molecule has 2 N–H and O–H groups in total. The van der Waals surface area contributed by atoms with Crippen LogP contribution >= 0.6 is 0 Å². The Morgan fingerprint density at radius 2 is 1.57 bits per heavy atom. The number of nitrogens with one attached hydrogen (secondary N) is 2. The number of carbonyl (C=O) groups excluding carboxylic acids is 3. The van der Waals surface area contributed by atoms with E-state index in [1.54, 1.807) is 0 Å². The van der Waals surface area contributed by atoms with Crippen LogP contribution in [0.15, 0.2) is 0 Å². The van der Waals surface area contributed by atoms with E-state index in [-0.39, 0.29) is 18.9 Å². The second kappa shape index (κ2) is 7.97. The number of piperidine rings is 1. The Bertz CT molecular complexity index is 388. The summed E-state index contributed by atoms with van der Waals surface area (Å²) in [6.07, 6.45) is 3.56. The standard InChI is InChI=1S/C14H24N4O3/c19-12(17-8-2-1-3-9-17)4-5-16-13(20)14(21)18-10-6-15-7-11-18/h15H,1-11H2,(H,16,20). The van der Waals surface area contributed by atoms with Crippen molar-refractivity contribution in [1.29, 1.82) is 0 Å². The monoisotopic (exact) mass is 296 g/mol. The van der Waals surface area contributed by atoms with Crippen molar-refractivity contribution in [2.45, 2.75) is 25.7 Å². The summed E-state index contributed by atoms with van der Waals surface area (Å²) < 4.78 is 0. The van der Waals surface area contributed by atoms with Crippen molar-refractivity contribution < 1.29 is 14.4 Å². The molecule has 2 rings (SSSR count). The Labute approximate surface area is 125 Å². The number of rotatable bonds is 3.